The van der Waals surface area contributed by atoms with Crippen LogP contribution in [0.4, 0.5) is 0 Å². The molecular weight excluding hydrogens is 412 g/mol. The molecule has 7 nitrogen and oxygen atoms in total. The van der Waals surface area contributed by atoms with Crippen LogP contribution in [-0.2, 0) is 23.8 Å². The van der Waals surface area contributed by atoms with Gasteiger partial charge in [-0.05, 0) is 74.2 Å². The molecule has 0 aromatic carbocycles. The summed E-state index contributed by atoms with van der Waals surface area (Å²) in [5.74, 6) is 0.108. The van der Waals surface area contributed by atoms with Crippen LogP contribution in [0.2, 0.25) is 0 Å². The van der Waals surface area contributed by atoms with Crippen LogP contribution in [0.25, 0.3) is 0 Å². The van der Waals surface area contributed by atoms with Crippen molar-refractivity contribution in [2.75, 3.05) is 6.61 Å². The summed E-state index contributed by atoms with van der Waals surface area (Å²) in [5, 5.41) is 23.3. The lowest BCUT2D eigenvalue weighted by atomic mass is 9.42. The topological polar surface area (TPSA) is 102 Å². The van der Waals surface area contributed by atoms with E-state index >= 15 is 0 Å². The van der Waals surface area contributed by atoms with E-state index in [0.29, 0.717) is 44.6 Å². The predicted molar refractivity (Wildman–Crippen MR) is 112 cm³/mol. The van der Waals surface area contributed by atoms with Crippen molar-refractivity contribution in [2.24, 2.45) is 28.6 Å². The number of carbonyl (C=O) groups is 2. The molecule has 2 bridgehead atoms. The second kappa shape index (κ2) is 6.57. The van der Waals surface area contributed by atoms with Crippen LogP contribution < -0.4 is 0 Å². The van der Waals surface area contributed by atoms with Gasteiger partial charge in [-0.2, -0.15) is 0 Å². The second-order valence-corrected chi connectivity index (χ2v) is 11.6. The number of rotatable bonds is 2. The number of fused-ring (bicyclic) bond motifs is 1. The summed E-state index contributed by atoms with van der Waals surface area (Å²) in [6.45, 7) is 4.14. The Hall–Kier alpha value is -1.44. The molecule has 4 saturated carbocycles. The first-order valence-electron chi connectivity index (χ1n) is 12.3. The van der Waals surface area contributed by atoms with E-state index in [1.807, 2.05) is 0 Å². The number of aliphatic hydroxyl groups excluding tert-OH is 1. The molecule has 6 rings (SSSR count). The Balaban J connectivity index is 1.35. The smallest absolute Gasteiger partial charge is 0.331 e. The van der Waals surface area contributed by atoms with Gasteiger partial charge in [-0.1, -0.05) is 6.92 Å². The summed E-state index contributed by atoms with van der Waals surface area (Å²) in [6, 6.07) is 0. The van der Waals surface area contributed by atoms with E-state index in [9.17, 15) is 19.8 Å². The molecule has 5 fully saturated rings. The van der Waals surface area contributed by atoms with Crippen molar-refractivity contribution in [3.63, 3.8) is 0 Å². The van der Waals surface area contributed by atoms with Crippen LogP contribution in [0.15, 0.2) is 11.6 Å². The molecule has 2 N–H and O–H groups in total. The van der Waals surface area contributed by atoms with E-state index in [2.05, 4.69) is 6.92 Å². The van der Waals surface area contributed by atoms with Crippen LogP contribution in [-0.4, -0.2) is 52.4 Å². The highest BCUT2D eigenvalue weighted by Gasteiger charge is 2.79. The number of esters is 2. The molecular formula is C25H34O7. The Kier molecular flexibility index (Phi) is 4.34. The number of ether oxygens (including phenoxy) is 3. The Labute approximate surface area is 188 Å². The third-order valence-corrected chi connectivity index (χ3v) is 10.6. The molecule has 0 radical (unpaired) electrons. The maximum Gasteiger partial charge on any atom is 0.331 e. The fraction of sp³-hybridized carbons (Fsp3) is 0.840. The average molecular weight is 447 g/mol. The van der Waals surface area contributed by atoms with Gasteiger partial charge in [0.25, 0.3) is 0 Å². The van der Waals surface area contributed by atoms with Gasteiger partial charge in [-0.15, -0.1) is 0 Å². The summed E-state index contributed by atoms with van der Waals surface area (Å²) < 4.78 is 17.3. The minimum Gasteiger partial charge on any atom is -0.462 e. The predicted octanol–water partition coefficient (Wildman–Crippen LogP) is 2.63. The van der Waals surface area contributed by atoms with Gasteiger partial charge in [0.05, 0.1) is 16.6 Å². The molecule has 1 spiro atoms. The van der Waals surface area contributed by atoms with Crippen molar-refractivity contribution in [1.82, 2.24) is 0 Å². The zero-order valence-corrected chi connectivity index (χ0v) is 19.0. The molecule has 0 aromatic rings. The van der Waals surface area contributed by atoms with Gasteiger partial charge in [0.2, 0.25) is 0 Å². The van der Waals surface area contributed by atoms with E-state index in [4.69, 9.17) is 14.2 Å². The number of carbonyl (C=O) groups excluding carboxylic acids is 2. The van der Waals surface area contributed by atoms with Crippen LogP contribution in [0.3, 0.4) is 0 Å². The molecule has 6 aliphatic rings. The van der Waals surface area contributed by atoms with Gasteiger partial charge >= 0.3 is 11.9 Å². The third-order valence-electron chi connectivity index (χ3n) is 10.6. The maximum atomic E-state index is 11.9. The molecule has 7 heteroatoms. The van der Waals surface area contributed by atoms with Crippen molar-refractivity contribution in [2.45, 2.75) is 95.2 Å². The van der Waals surface area contributed by atoms with Crippen LogP contribution in [0.1, 0.15) is 71.6 Å². The zero-order chi connectivity index (χ0) is 22.5. The van der Waals surface area contributed by atoms with Crippen LogP contribution in [0, 0.1) is 28.6 Å². The summed E-state index contributed by atoms with van der Waals surface area (Å²) >= 11 is 0. The number of hydrogen-bond donors (Lipinski definition) is 2. The van der Waals surface area contributed by atoms with Gasteiger partial charge in [0.1, 0.15) is 12.7 Å². The molecule has 176 valence electrons. The first-order valence-corrected chi connectivity index (χ1v) is 12.3. The zero-order valence-electron chi connectivity index (χ0n) is 19.0. The Morgan fingerprint density at radius 2 is 1.94 bits per heavy atom. The summed E-state index contributed by atoms with van der Waals surface area (Å²) in [5.41, 5.74) is -1.13. The normalized spacial score (nSPS) is 53.7. The second-order valence-electron chi connectivity index (χ2n) is 11.6. The number of cyclic esters (lactones) is 1. The molecule has 2 heterocycles. The summed E-state index contributed by atoms with van der Waals surface area (Å²) in [4.78, 5) is 23.3. The quantitative estimate of drug-likeness (QED) is 0.629. The molecule has 0 amide bonds. The monoisotopic (exact) mass is 446 g/mol. The molecule has 32 heavy (non-hydrogen) atoms. The largest absolute Gasteiger partial charge is 0.462 e. The standard InChI is InChI=1S/C25H34O7/c1-14(26)31-16-5-8-24-19-6-7-22(2)17(15-11-20(27)30-13-15)3-4-18(22)25(19,32-21(24)28)10-9-23(24,29)12-16/h11,16-19,21,28-29H,3-10,12-13H2,1-2H3/t16-,17+,18+,19+,21-,22+,23-,24+,25+/m0/s1. The van der Waals surface area contributed by atoms with Gasteiger partial charge in [0, 0.05) is 25.3 Å². The average Bonchev–Trinajstić information content (AvgIpc) is 3.34. The molecule has 9 atom stereocenters. The maximum absolute atomic E-state index is 11.9. The van der Waals surface area contributed by atoms with E-state index in [1.165, 1.54) is 6.92 Å². The lowest BCUT2D eigenvalue weighted by molar-refractivity contribution is -0.234. The van der Waals surface area contributed by atoms with Crippen LogP contribution >= 0.6 is 0 Å². The van der Waals surface area contributed by atoms with Crippen molar-refractivity contribution >= 4 is 11.9 Å². The van der Waals surface area contributed by atoms with E-state index in [-0.39, 0.29) is 35.3 Å². The van der Waals surface area contributed by atoms with Gasteiger partial charge < -0.3 is 24.4 Å². The first kappa shape index (κ1) is 21.1. The number of hydrogen-bond acceptors (Lipinski definition) is 7. The highest BCUT2D eigenvalue weighted by molar-refractivity contribution is 5.85. The lowest BCUT2D eigenvalue weighted by Crippen LogP contribution is -2.67. The van der Waals surface area contributed by atoms with Gasteiger partial charge in [-0.3, -0.25) is 4.79 Å². The van der Waals surface area contributed by atoms with Gasteiger partial charge in [0.15, 0.2) is 6.29 Å². The lowest BCUT2D eigenvalue weighted by Gasteiger charge is -2.63. The summed E-state index contributed by atoms with van der Waals surface area (Å²) in [6.07, 6.45) is 7.15. The van der Waals surface area contributed by atoms with Crippen molar-refractivity contribution in [1.29, 1.82) is 0 Å². The summed E-state index contributed by atoms with van der Waals surface area (Å²) in [7, 11) is 0. The molecule has 1 saturated heterocycles. The fourth-order valence-electron chi connectivity index (χ4n) is 9.50. The SMILES string of the molecule is CC(=O)O[C@H]1CC[C@@]23[C@@H](O)O[C@]4(CC[C@]2(O)C1)[C@@H]1CC[C@H](C2=CC(=O)OC2)[C@@]1(C)CC[C@@H]43. The Morgan fingerprint density at radius 1 is 1.12 bits per heavy atom. The van der Waals surface area contributed by atoms with Crippen molar-refractivity contribution in [3.05, 3.63) is 11.6 Å². The van der Waals surface area contributed by atoms with Gasteiger partial charge in [-0.25, -0.2) is 4.79 Å². The Bertz CT molecular complexity index is 899. The van der Waals surface area contributed by atoms with E-state index in [0.717, 1.165) is 31.3 Å². The van der Waals surface area contributed by atoms with E-state index < -0.39 is 22.9 Å². The number of aliphatic hydroxyl groups is 2. The highest BCUT2D eigenvalue weighted by atomic mass is 16.6. The third kappa shape index (κ3) is 2.43. The molecule has 0 aromatic heterocycles. The fourth-order valence-corrected chi connectivity index (χ4v) is 9.50. The minimum absolute atomic E-state index is 0.00797. The molecule has 2 aliphatic heterocycles. The van der Waals surface area contributed by atoms with Crippen LogP contribution in [0.5, 0.6) is 0 Å². The van der Waals surface area contributed by atoms with Crippen molar-refractivity contribution < 1.29 is 34.0 Å². The minimum atomic E-state index is -1.09. The molecule has 4 aliphatic carbocycles. The first-order chi connectivity index (χ1) is 15.1. The van der Waals surface area contributed by atoms with Crippen molar-refractivity contribution in [3.8, 4) is 0 Å². The Morgan fingerprint density at radius 3 is 2.66 bits per heavy atom. The van der Waals surface area contributed by atoms with E-state index in [1.54, 1.807) is 6.08 Å². The highest BCUT2D eigenvalue weighted by Crippen LogP contribution is 2.76. The molecule has 0 unspecified atom stereocenters.